The van der Waals surface area contributed by atoms with Crippen LogP contribution < -0.4 is 4.90 Å². The van der Waals surface area contributed by atoms with Crippen LogP contribution in [0.5, 0.6) is 0 Å². The number of nitrogens with zero attached hydrogens (tertiary/aromatic N) is 4. The van der Waals surface area contributed by atoms with Crippen LogP contribution in [0.3, 0.4) is 0 Å². The van der Waals surface area contributed by atoms with Gasteiger partial charge in [0.1, 0.15) is 5.82 Å². The molecule has 1 saturated heterocycles. The first-order chi connectivity index (χ1) is 12.7. The summed E-state index contributed by atoms with van der Waals surface area (Å²) in [4.78, 5) is 23.4. The van der Waals surface area contributed by atoms with Gasteiger partial charge in [0.25, 0.3) is 0 Å². The Morgan fingerprint density at radius 3 is 3.23 bits per heavy atom. The number of amides is 1. The molecule has 0 spiro atoms. The largest absolute Gasteiger partial charge is 0.384 e. The van der Waals surface area contributed by atoms with Crippen molar-refractivity contribution in [3.8, 4) is 0 Å². The zero-order valence-electron chi connectivity index (χ0n) is 15.0. The Bertz CT molecular complexity index is 760. The highest BCUT2D eigenvalue weighted by Crippen LogP contribution is 2.29. The van der Waals surface area contributed by atoms with E-state index >= 15 is 0 Å². The Labute approximate surface area is 162 Å². The van der Waals surface area contributed by atoms with Crippen LogP contribution >= 0.6 is 22.9 Å². The van der Waals surface area contributed by atoms with Crippen LogP contribution in [0.15, 0.2) is 11.4 Å². The van der Waals surface area contributed by atoms with Gasteiger partial charge in [-0.25, -0.2) is 4.98 Å². The second kappa shape index (κ2) is 8.02. The summed E-state index contributed by atoms with van der Waals surface area (Å²) in [5, 5.41) is 3.07. The van der Waals surface area contributed by atoms with Gasteiger partial charge in [0.2, 0.25) is 11.0 Å². The number of fused-ring (bicyclic) bond motifs is 1. The van der Waals surface area contributed by atoms with Crippen LogP contribution in [-0.2, 0) is 28.9 Å². The normalized spacial score (nSPS) is 20.3. The number of methoxy groups -OCH3 is 1. The number of thiophene rings is 1. The van der Waals surface area contributed by atoms with Crippen molar-refractivity contribution in [2.24, 2.45) is 5.92 Å². The minimum atomic E-state index is 0.0651. The average molecular weight is 393 g/mol. The van der Waals surface area contributed by atoms with Gasteiger partial charge in [0, 0.05) is 56.1 Å². The van der Waals surface area contributed by atoms with Crippen LogP contribution in [0.4, 0.5) is 5.13 Å². The third-order valence-corrected chi connectivity index (χ3v) is 6.99. The second-order valence-electron chi connectivity index (χ2n) is 6.90. The molecule has 0 aromatic carbocycles. The van der Waals surface area contributed by atoms with Crippen molar-refractivity contribution in [3.63, 3.8) is 0 Å². The molecule has 0 saturated carbocycles. The molecule has 4 rings (SSSR count). The molecule has 140 valence electrons. The maximum Gasteiger partial charge on any atom is 0.227 e. The third kappa shape index (κ3) is 3.77. The third-order valence-electron chi connectivity index (χ3n) is 5.15. The molecule has 8 heteroatoms. The fourth-order valence-electron chi connectivity index (χ4n) is 3.72. The smallest absolute Gasteiger partial charge is 0.227 e. The number of carbonyl (C=O) groups excluding carboxylic acids is 1. The van der Waals surface area contributed by atoms with Gasteiger partial charge in [-0.1, -0.05) is 0 Å². The molecule has 4 heterocycles. The Morgan fingerprint density at radius 1 is 1.42 bits per heavy atom. The van der Waals surface area contributed by atoms with Crippen molar-refractivity contribution >= 4 is 33.9 Å². The first kappa shape index (κ1) is 17.9. The molecule has 1 unspecified atom stereocenters. The maximum atomic E-state index is 13.1. The summed E-state index contributed by atoms with van der Waals surface area (Å²) >= 11 is 3.24. The standard InChI is InChI=1S/C18H24N4O2S2/c1-24-9-5-16-19-18(26-20-16)22-7-2-3-14(12-22)17(23)21-8-4-15-13(11-21)6-10-25-15/h6,10,14H,2-5,7-9,11-12H2,1H3. The highest BCUT2D eigenvalue weighted by molar-refractivity contribution is 7.10. The number of rotatable bonds is 5. The summed E-state index contributed by atoms with van der Waals surface area (Å²) in [6.07, 6.45) is 3.73. The molecule has 0 aliphatic carbocycles. The molecule has 6 nitrogen and oxygen atoms in total. The average Bonchev–Trinajstić information content (AvgIpc) is 3.34. The fourth-order valence-corrected chi connectivity index (χ4v) is 5.35. The molecule has 0 bridgehead atoms. The molecule has 2 aliphatic heterocycles. The zero-order chi connectivity index (χ0) is 17.9. The van der Waals surface area contributed by atoms with E-state index in [1.807, 2.05) is 16.2 Å². The molecular weight excluding hydrogens is 368 g/mol. The van der Waals surface area contributed by atoms with E-state index in [1.54, 1.807) is 7.11 Å². The minimum absolute atomic E-state index is 0.0651. The van der Waals surface area contributed by atoms with Gasteiger partial charge in [0.15, 0.2) is 0 Å². The van der Waals surface area contributed by atoms with Gasteiger partial charge in [-0.05, 0) is 36.3 Å². The van der Waals surface area contributed by atoms with E-state index < -0.39 is 0 Å². The molecule has 0 N–H and O–H groups in total. The number of carbonyl (C=O) groups is 1. The van der Waals surface area contributed by atoms with Crippen LogP contribution in [-0.4, -0.2) is 53.5 Å². The molecule has 2 aromatic rings. The number of hydrogen-bond acceptors (Lipinski definition) is 7. The zero-order valence-corrected chi connectivity index (χ0v) is 16.7. The van der Waals surface area contributed by atoms with E-state index in [2.05, 4.69) is 25.7 Å². The van der Waals surface area contributed by atoms with Gasteiger partial charge in [-0.15, -0.1) is 11.3 Å². The number of piperidine rings is 1. The lowest BCUT2D eigenvalue weighted by Gasteiger charge is -2.36. The number of ether oxygens (including phenoxy) is 1. The van der Waals surface area contributed by atoms with Crippen molar-refractivity contribution < 1.29 is 9.53 Å². The topological polar surface area (TPSA) is 58.6 Å². The summed E-state index contributed by atoms with van der Waals surface area (Å²) in [6, 6.07) is 2.16. The molecule has 1 atom stereocenters. The van der Waals surface area contributed by atoms with Crippen LogP contribution in [0.1, 0.15) is 29.1 Å². The maximum absolute atomic E-state index is 13.1. The van der Waals surface area contributed by atoms with Crippen molar-refractivity contribution in [1.82, 2.24) is 14.3 Å². The lowest BCUT2D eigenvalue weighted by molar-refractivity contribution is -0.136. The highest BCUT2D eigenvalue weighted by atomic mass is 32.1. The van der Waals surface area contributed by atoms with Crippen LogP contribution in [0.2, 0.25) is 0 Å². The molecule has 1 amide bonds. The number of anilines is 1. The number of aromatic nitrogens is 2. The van der Waals surface area contributed by atoms with Crippen molar-refractivity contribution in [2.45, 2.75) is 32.2 Å². The van der Waals surface area contributed by atoms with Crippen molar-refractivity contribution in [2.75, 3.05) is 38.3 Å². The van der Waals surface area contributed by atoms with E-state index in [1.165, 1.54) is 22.0 Å². The fraction of sp³-hybridized carbons (Fsp3) is 0.611. The summed E-state index contributed by atoms with van der Waals surface area (Å²) < 4.78 is 9.52. The summed E-state index contributed by atoms with van der Waals surface area (Å²) in [5.74, 6) is 1.20. The Morgan fingerprint density at radius 2 is 2.35 bits per heavy atom. The quantitative estimate of drug-likeness (QED) is 0.783. The van der Waals surface area contributed by atoms with Gasteiger partial charge in [0.05, 0.1) is 12.5 Å². The predicted octanol–water partition coefficient (Wildman–Crippen LogP) is 2.59. The van der Waals surface area contributed by atoms with Gasteiger partial charge in [-0.2, -0.15) is 4.37 Å². The molecule has 1 fully saturated rings. The molecule has 26 heavy (non-hydrogen) atoms. The van der Waals surface area contributed by atoms with Gasteiger partial charge in [-0.3, -0.25) is 4.79 Å². The summed E-state index contributed by atoms with van der Waals surface area (Å²) in [7, 11) is 1.69. The lowest BCUT2D eigenvalue weighted by atomic mass is 9.95. The summed E-state index contributed by atoms with van der Waals surface area (Å²) in [5.41, 5.74) is 1.33. The lowest BCUT2D eigenvalue weighted by Crippen LogP contribution is -2.46. The SMILES string of the molecule is COCCc1nsc(N2CCCC(C(=O)N3CCc4sccc4C3)C2)n1. The van der Waals surface area contributed by atoms with Gasteiger partial charge >= 0.3 is 0 Å². The highest BCUT2D eigenvalue weighted by Gasteiger charge is 2.32. The molecule has 0 radical (unpaired) electrons. The van der Waals surface area contributed by atoms with E-state index in [4.69, 9.17) is 4.74 Å². The molecule has 2 aliphatic rings. The first-order valence-corrected chi connectivity index (χ1v) is 10.8. The monoisotopic (exact) mass is 392 g/mol. The van der Waals surface area contributed by atoms with E-state index in [-0.39, 0.29) is 5.92 Å². The second-order valence-corrected chi connectivity index (χ2v) is 8.63. The first-order valence-electron chi connectivity index (χ1n) is 9.15. The molecule has 2 aromatic heterocycles. The Balaban J connectivity index is 1.39. The Hall–Kier alpha value is -1.51. The van der Waals surface area contributed by atoms with E-state index in [0.29, 0.717) is 12.5 Å². The van der Waals surface area contributed by atoms with E-state index in [0.717, 1.165) is 62.8 Å². The van der Waals surface area contributed by atoms with Crippen molar-refractivity contribution in [1.29, 1.82) is 0 Å². The number of hydrogen-bond donors (Lipinski definition) is 0. The van der Waals surface area contributed by atoms with Crippen LogP contribution in [0.25, 0.3) is 0 Å². The van der Waals surface area contributed by atoms with Crippen LogP contribution in [0, 0.1) is 5.92 Å². The van der Waals surface area contributed by atoms with E-state index in [9.17, 15) is 4.79 Å². The minimum Gasteiger partial charge on any atom is -0.384 e. The van der Waals surface area contributed by atoms with Gasteiger partial charge < -0.3 is 14.5 Å². The van der Waals surface area contributed by atoms with Crippen molar-refractivity contribution in [3.05, 3.63) is 27.7 Å². The molecular formula is C18H24N4O2S2. The Kier molecular flexibility index (Phi) is 5.52. The summed E-state index contributed by atoms with van der Waals surface area (Å²) in [6.45, 7) is 3.97. The predicted molar refractivity (Wildman–Crippen MR) is 104 cm³/mol.